The highest BCUT2D eigenvalue weighted by molar-refractivity contribution is 6.30. The van der Waals surface area contributed by atoms with E-state index in [1.165, 1.54) is 11.1 Å². The fourth-order valence-corrected chi connectivity index (χ4v) is 3.20. The van der Waals surface area contributed by atoms with Gasteiger partial charge in [0.05, 0.1) is 13.2 Å². The maximum atomic E-state index is 6.16. The Bertz CT molecular complexity index is 474. The summed E-state index contributed by atoms with van der Waals surface area (Å²) in [6, 6.07) is 6.61. The molecular formula is C17H27ClN2O. The van der Waals surface area contributed by atoms with Crippen LogP contribution in [-0.4, -0.2) is 45.3 Å². The van der Waals surface area contributed by atoms with Crippen LogP contribution in [0.25, 0.3) is 0 Å². The van der Waals surface area contributed by atoms with Gasteiger partial charge in [-0.2, -0.15) is 0 Å². The normalized spacial score (nSPS) is 20.0. The van der Waals surface area contributed by atoms with Gasteiger partial charge >= 0.3 is 0 Å². The average Bonchev–Trinajstić information content (AvgIpc) is 2.63. The number of benzene rings is 1. The zero-order valence-electron chi connectivity index (χ0n) is 13.6. The third-order valence-electron chi connectivity index (χ3n) is 4.12. The summed E-state index contributed by atoms with van der Waals surface area (Å²) in [5.74, 6) is 0. The van der Waals surface area contributed by atoms with E-state index in [4.69, 9.17) is 16.3 Å². The number of halogens is 1. The van der Waals surface area contributed by atoms with Crippen molar-refractivity contribution in [2.75, 3.05) is 40.4 Å². The minimum Gasteiger partial charge on any atom is -0.379 e. The molecule has 1 atom stereocenters. The van der Waals surface area contributed by atoms with Gasteiger partial charge in [-0.15, -0.1) is 0 Å². The first kappa shape index (κ1) is 16.8. The van der Waals surface area contributed by atoms with Crippen LogP contribution in [0.15, 0.2) is 18.2 Å². The Kier molecular flexibility index (Phi) is 5.67. The Hall–Kier alpha value is -0.610. The zero-order valence-corrected chi connectivity index (χ0v) is 14.3. The lowest BCUT2D eigenvalue weighted by Gasteiger charge is -2.28. The lowest BCUT2D eigenvalue weighted by molar-refractivity contribution is 0.113. The van der Waals surface area contributed by atoms with Gasteiger partial charge < -0.3 is 15.0 Å². The van der Waals surface area contributed by atoms with Crippen LogP contribution in [0.3, 0.4) is 0 Å². The largest absolute Gasteiger partial charge is 0.379 e. The van der Waals surface area contributed by atoms with Crippen molar-refractivity contribution in [3.63, 3.8) is 0 Å². The van der Waals surface area contributed by atoms with Crippen molar-refractivity contribution in [2.24, 2.45) is 5.41 Å². The topological polar surface area (TPSA) is 24.5 Å². The molecule has 0 amide bonds. The van der Waals surface area contributed by atoms with Crippen molar-refractivity contribution in [2.45, 2.75) is 26.3 Å². The first-order valence-electron chi connectivity index (χ1n) is 7.64. The van der Waals surface area contributed by atoms with E-state index in [0.717, 1.165) is 37.7 Å². The van der Waals surface area contributed by atoms with Gasteiger partial charge in [0.2, 0.25) is 0 Å². The molecular weight excluding hydrogens is 284 g/mol. The highest BCUT2D eigenvalue weighted by atomic mass is 35.5. The van der Waals surface area contributed by atoms with Crippen molar-refractivity contribution in [3.05, 3.63) is 34.3 Å². The number of nitrogens with zero attached hydrogens (tertiary/aromatic N) is 1. The van der Waals surface area contributed by atoms with Crippen molar-refractivity contribution < 1.29 is 4.74 Å². The Balaban J connectivity index is 1.86. The monoisotopic (exact) mass is 310 g/mol. The number of rotatable bonds is 7. The first-order valence-corrected chi connectivity index (χ1v) is 8.02. The standard InChI is InChI=1S/C17H27ClN2O/c1-17(2)12-13-5-6-14(18)11-15(13)16(17)19-7-9-21-10-8-20(3)4/h5-6,11,16,19H,7-10,12H2,1-4H3. The van der Waals surface area contributed by atoms with Crippen molar-refractivity contribution in [1.29, 1.82) is 0 Å². The van der Waals surface area contributed by atoms with Gasteiger partial charge in [0.25, 0.3) is 0 Å². The second-order valence-corrected chi connectivity index (χ2v) is 7.25. The summed E-state index contributed by atoms with van der Waals surface area (Å²) in [7, 11) is 4.12. The van der Waals surface area contributed by atoms with Crippen molar-refractivity contribution >= 4 is 11.6 Å². The van der Waals surface area contributed by atoms with E-state index in [1.807, 2.05) is 6.07 Å². The van der Waals surface area contributed by atoms with Crippen LogP contribution in [0.1, 0.15) is 31.0 Å². The third-order valence-corrected chi connectivity index (χ3v) is 4.36. The molecule has 1 N–H and O–H groups in total. The van der Waals surface area contributed by atoms with E-state index < -0.39 is 0 Å². The van der Waals surface area contributed by atoms with E-state index in [-0.39, 0.29) is 5.41 Å². The van der Waals surface area contributed by atoms with Gasteiger partial charge in [-0.3, -0.25) is 0 Å². The van der Waals surface area contributed by atoms with Crippen LogP contribution in [0.2, 0.25) is 5.02 Å². The lowest BCUT2D eigenvalue weighted by atomic mass is 9.85. The minimum atomic E-state index is 0.219. The number of fused-ring (bicyclic) bond motifs is 1. The highest BCUT2D eigenvalue weighted by Crippen LogP contribution is 2.45. The van der Waals surface area contributed by atoms with Crippen LogP contribution in [0.5, 0.6) is 0 Å². The molecule has 21 heavy (non-hydrogen) atoms. The number of ether oxygens (including phenoxy) is 1. The van der Waals surface area contributed by atoms with E-state index in [1.54, 1.807) is 0 Å². The summed E-state index contributed by atoms with van der Waals surface area (Å²) in [6.45, 7) is 7.99. The van der Waals surface area contributed by atoms with E-state index in [2.05, 4.69) is 50.3 Å². The van der Waals surface area contributed by atoms with Gasteiger partial charge in [0.15, 0.2) is 0 Å². The van der Waals surface area contributed by atoms with Crippen LogP contribution in [0, 0.1) is 5.41 Å². The summed E-state index contributed by atoms with van der Waals surface area (Å²) in [6.07, 6.45) is 1.10. The van der Waals surface area contributed by atoms with Crippen molar-refractivity contribution in [3.8, 4) is 0 Å². The van der Waals surface area contributed by atoms with Crippen LogP contribution in [0.4, 0.5) is 0 Å². The average molecular weight is 311 g/mol. The Morgan fingerprint density at radius 2 is 2.10 bits per heavy atom. The van der Waals surface area contributed by atoms with E-state index in [0.29, 0.717) is 6.04 Å². The van der Waals surface area contributed by atoms with Gasteiger partial charge in [0.1, 0.15) is 0 Å². The summed E-state index contributed by atoms with van der Waals surface area (Å²) in [4.78, 5) is 2.13. The molecule has 0 radical (unpaired) electrons. The molecule has 0 aromatic heterocycles. The predicted molar refractivity (Wildman–Crippen MR) is 89.1 cm³/mol. The molecule has 4 heteroatoms. The molecule has 1 aromatic carbocycles. The van der Waals surface area contributed by atoms with E-state index >= 15 is 0 Å². The molecule has 2 rings (SSSR count). The molecule has 0 fully saturated rings. The first-order chi connectivity index (χ1) is 9.90. The molecule has 0 bridgehead atoms. The van der Waals surface area contributed by atoms with Gasteiger partial charge in [-0.05, 0) is 49.2 Å². The zero-order chi connectivity index (χ0) is 15.5. The Morgan fingerprint density at radius 3 is 2.81 bits per heavy atom. The van der Waals surface area contributed by atoms with E-state index in [9.17, 15) is 0 Å². The molecule has 118 valence electrons. The molecule has 1 unspecified atom stereocenters. The van der Waals surface area contributed by atoms with Gasteiger partial charge in [0, 0.05) is 24.2 Å². The number of hydrogen-bond donors (Lipinski definition) is 1. The smallest absolute Gasteiger partial charge is 0.0593 e. The van der Waals surface area contributed by atoms with Gasteiger partial charge in [-0.1, -0.05) is 31.5 Å². The molecule has 0 spiro atoms. The summed E-state index contributed by atoms with van der Waals surface area (Å²) >= 11 is 6.16. The lowest BCUT2D eigenvalue weighted by Crippen LogP contribution is -2.33. The van der Waals surface area contributed by atoms with Gasteiger partial charge in [-0.25, -0.2) is 0 Å². The minimum absolute atomic E-state index is 0.219. The maximum absolute atomic E-state index is 6.16. The van der Waals surface area contributed by atoms with Crippen LogP contribution >= 0.6 is 11.6 Å². The summed E-state index contributed by atoms with van der Waals surface area (Å²) in [5, 5.41) is 4.47. The van der Waals surface area contributed by atoms with Crippen LogP contribution in [-0.2, 0) is 11.2 Å². The predicted octanol–water partition coefficient (Wildman–Crippen LogP) is 3.13. The Morgan fingerprint density at radius 1 is 1.33 bits per heavy atom. The van der Waals surface area contributed by atoms with Crippen molar-refractivity contribution in [1.82, 2.24) is 10.2 Å². The molecule has 1 aliphatic rings. The molecule has 3 nitrogen and oxygen atoms in total. The SMILES string of the molecule is CN(C)CCOCCNC1c2cc(Cl)ccc2CC1(C)C. The third kappa shape index (κ3) is 4.43. The number of hydrogen-bond acceptors (Lipinski definition) is 3. The fourth-order valence-electron chi connectivity index (χ4n) is 3.02. The second kappa shape index (κ2) is 7.10. The highest BCUT2D eigenvalue weighted by Gasteiger charge is 2.38. The second-order valence-electron chi connectivity index (χ2n) is 6.81. The molecule has 0 saturated carbocycles. The van der Waals surface area contributed by atoms with Crippen LogP contribution < -0.4 is 5.32 Å². The summed E-state index contributed by atoms with van der Waals surface area (Å²) < 4.78 is 5.65. The number of nitrogens with one attached hydrogen (secondary N) is 1. The maximum Gasteiger partial charge on any atom is 0.0593 e. The Labute approximate surface area is 133 Å². The molecule has 0 aliphatic heterocycles. The quantitative estimate of drug-likeness (QED) is 0.783. The molecule has 0 heterocycles. The molecule has 1 aliphatic carbocycles. The molecule has 0 saturated heterocycles. The molecule has 1 aromatic rings. The fraction of sp³-hybridized carbons (Fsp3) is 0.647. The summed E-state index contributed by atoms with van der Waals surface area (Å²) in [5.41, 5.74) is 2.98. The number of likely N-dealkylation sites (N-methyl/N-ethyl adjacent to an activating group) is 1.